The molecule has 0 aliphatic rings. The number of aryl methyl sites for hydroxylation is 1. The fourth-order valence-electron chi connectivity index (χ4n) is 5.63. The van der Waals surface area contributed by atoms with Gasteiger partial charge in [-0.3, -0.25) is 20.1 Å². The van der Waals surface area contributed by atoms with E-state index < -0.39 is 0 Å². The molecule has 1 aromatic carbocycles. The Labute approximate surface area is 256 Å². The number of benzene rings is 1. The number of aromatic amines is 2. The molecule has 0 bridgehead atoms. The molecule has 0 aliphatic carbocycles. The monoisotopic (exact) mass is 588 g/mol. The van der Waals surface area contributed by atoms with Crippen LogP contribution in [0.2, 0.25) is 0 Å². The lowest BCUT2D eigenvalue weighted by molar-refractivity contribution is 0.400. The molecule has 8 nitrogen and oxygen atoms in total. The van der Waals surface area contributed by atoms with Crippen LogP contribution >= 0.6 is 0 Å². The Balaban J connectivity index is 1.33. The lowest BCUT2D eigenvalue weighted by Crippen LogP contribution is -2.13. The summed E-state index contributed by atoms with van der Waals surface area (Å²) in [6.07, 6.45) is 11.6. The molecule has 5 aromatic heterocycles. The van der Waals surface area contributed by atoms with E-state index in [9.17, 15) is 4.39 Å². The maximum Gasteiger partial charge on any atom is 0.124 e. The van der Waals surface area contributed by atoms with Gasteiger partial charge in [-0.05, 0) is 87.3 Å². The molecule has 6 rings (SSSR count). The van der Waals surface area contributed by atoms with Crippen LogP contribution < -0.4 is 5.32 Å². The molecule has 0 atom stereocenters. The normalized spacial score (nSPS) is 11.7. The van der Waals surface area contributed by atoms with E-state index in [2.05, 4.69) is 72.9 Å². The summed E-state index contributed by atoms with van der Waals surface area (Å²) in [6, 6.07) is 11.4. The SMILES string of the molecule is C=C(CC(C)C)Nc1cncc(-c2cc3c(-c4cc5c(-c6cc(F)cc(CCCN(C)C)c6)cncc5[nH]4)n[nH]c3cn2)c1. The van der Waals surface area contributed by atoms with Crippen molar-refractivity contribution in [3.63, 3.8) is 0 Å². The molecule has 0 spiro atoms. The summed E-state index contributed by atoms with van der Waals surface area (Å²) in [5.74, 6) is 0.266. The number of aromatic nitrogens is 6. The third-order valence-corrected chi connectivity index (χ3v) is 7.60. The number of allylic oxidation sites excluding steroid dienone is 1. The van der Waals surface area contributed by atoms with Crippen LogP contribution in [-0.2, 0) is 6.42 Å². The second kappa shape index (κ2) is 12.4. The van der Waals surface area contributed by atoms with Crippen molar-refractivity contribution >= 4 is 27.5 Å². The van der Waals surface area contributed by atoms with Gasteiger partial charge in [-0.25, -0.2) is 4.39 Å². The minimum Gasteiger partial charge on any atom is -0.358 e. The van der Waals surface area contributed by atoms with E-state index in [0.717, 1.165) is 98.3 Å². The van der Waals surface area contributed by atoms with Crippen molar-refractivity contribution in [3.05, 3.63) is 91.0 Å². The molecule has 5 heterocycles. The summed E-state index contributed by atoms with van der Waals surface area (Å²) in [7, 11) is 4.10. The topological polar surface area (TPSA) is 98.4 Å². The van der Waals surface area contributed by atoms with Crippen LogP contribution in [0.15, 0.2) is 79.7 Å². The van der Waals surface area contributed by atoms with Gasteiger partial charge in [0.2, 0.25) is 0 Å². The number of nitrogens with zero attached hydrogens (tertiary/aromatic N) is 5. The fraction of sp³-hybridized carbons (Fsp3) is 0.257. The minimum absolute atomic E-state index is 0.244. The highest BCUT2D eigenvalue weighted by atomic mass is 19.1. The Kier molecular flexibility index (Phi) is 8.21. The fourth-order valence-corrected chi connectivity index (χ4v) is 5.63. The van der Waals surface area contributed by atoms with Crippen LogP contribution in [0.5, 0.6) is 0 Å². The molecule has 0 saturated heterocycles. The van der Waals surface area contributed by atoms with Gasteiger partial charge in [0.15, 0.2) is 0 Å². The highest BCUT2D eigenvalue weighted by Crippen LogP contribution is 2.35. The average Bonchev–Trinajstić information content (AvgIpc) is 3.60. The molecule has 0 fully saturated rings. The van der Waals surface area contributed by atoms with Crippen molar-refractivity contribution in [2.75, 3.05) is 26.0 Å². The van der Waals surface area contributed by atoms with Gasteiger partial charge in [-0.1, -0.05) is 26.5 Å². The second-order valence-corrected chi connectivity index (χ2v) is 12.1. The molecule has 0 saturated carbocycles. The zero-order valence-corrected chi connectivity index (χ0v) is 25.6. The first kappa shape index (κ1) is 29.2. The second-order valence-electron chi connectivity index (χ2n) is 12.1. The molecular weight excluding hydrogens is 551 g/mol. The number of nitrogens with one attached hydrogen (secondary N) is 3. The highest BCUT2D eigenvalue weighted by Gasteiger charge is 2.16. The van der Waals surface area contributed by atoms with Crippen molar-refractivity contribution in [1.29, 1.82) is 0 Å². The number of pyridine rings is 3. The van der Waals surface area contributed by atoms with Crippen LogP contribution in [0.1, 0.15) is 32.3 Å². The van der Waals surface area contributed by atoms with Gasteiger partial charge in [0.05, 0.1) is 46.7 Å². The summed E-state index contributed by atoms with van der Waals surface area (Å²) < 4.78 is 14.7. The number of H-pyrrole nitrogens is 2. The van der Waals surface area contributed by atoms with Crippen molar-refractivity contribution in [3.8, 4) is 33.8 Å². The number of hydrogen-bond acceptors (Lipinski definition) is 6. The predicted octanol–water partition coefficient (Wildman–Crippen LogP) is 7.84. The summed E-state index contributed by atoms with van der Waals surface area (Å²) >= 11 is 0. The van der Waals surface area contributed by atoms with Crippen LogP contribution in [-0.4, -0.2) is 55.7 Å². The molecule has 44 heavy (non-hydrogen) atoms. The van der Waals surface area contributed by atoms with E-state index in [1.165, 1.54) is 0 Å². The Bertz CT molecular complexity index is 1950. The van der Waals surface area contributed by atoms with Gasteiger partial charge >= 0.3 is 0 Å². The summed E-state index contributed by atoms with van der Waals surface area (Å²) in [5.41, 5.74) is 9.42. The molecule has 0 unspecified atom stereocenters. The minimum atomic E-state index is -0.244. The van der Waals surface area contributed by atoms with Crippen molar-refractivity contribution in [1.82, 2.24) is 35.0 Å². The molecule has 3 N–H and O–H groups in total. The summed E-state index contributed by atoms with van der Waals surface area (Å²) in [6.45, 7) is 9.43. The molecule has 0 radical (unpaired) electrons. The van der Waals surface area contributed by atoms with Gasteiger partial charge in [0, 0.05) is 40.0 Å². The first-order valence-electron chi connectivity index (χ1n) is 14.9. The maximum atomic E-state index is 14.7. The average molecular weight is 589 g/mol. The Morgan fingerprint density at radius 1 is 0.932 bits per heavy atom. The predicted molar refractivity (Wildman–Crippen MR) is 177 cm³/mol. The first-order valence-corrected chi connectivity index (χ1v) is 14.9. The van der Waals surface area contributed by atoms with E-state index in [1.54, 1.807) is 43.1 Å². The molecule has 9 heteroatoms. The highest BCUT2D eigenvalue weighted by molar-refractivity contribution is 6.01. The largest absolute Gasteiger partial charge is 0.358 e. The molecule has 0 amide bonds. The molecular formula is C35H37FN8. The number of rotatable bonds is 11. The van der Waals surface area contributed by atoms with Crippen LogP contribution in [0.4, 0.5) is 10.1 Å². The van der Waals surface area contributed by atoms with Crippen LogP contribution in [0.25, 0.3) is 55.6 Å². The third-order valence-electron chi connectivity index (χ3n) is 7.60. The number of halogens is 1. The van der Waals surface area contributed by atoms with Gasteiger partial charge in [-0.2, -0.15) is 5.10 Å². The Hall–Kier alpha value is -4.89. The van der Waals surface area contributed by atoms with E-state index in [1.807, 2.05) is 26.2 Å². The van der Waals surface area contributed by atoms with Crippen LogP contribution in [0.3, 0.4) is 0 Å². The third kappa shape index (κ3) is 6.38. The van der Waals surface area contributed by atoms with E-state index in [4.69, 9.17) is 0 Å². The zero-order valence-electron chi connectivity index (χ0n) is 25.6. The molecule has 0 aliphatic heterocycles. The van der Waals surface area contributed by atoms with Crippen molar-refractivity contribution in [2.24, 2.45) is 5.92 Å². The number of fused-ring (bicyclic) bond motifs is 2. The zero-order chi connectivity index (χ0) is 30.8. The standard InChI is InChI=1S/C35H37FN8/c1-21(2)9-22(3)40-27-13-25(16-37-17-27)31-15-29-34(20-39-31)42-43-35(29)32-14-28-30(18-38-19-33(28)41-32)24-10-23(11-26(36)12-24)7-6-8-44(4)5/h10-21,40-41H,3,6-9H2,1-2,4-5H3,(H,42,43). The number of hydrogen-bond donors (Lipinski definition) is 3. The van der Waals surface area contributed by atoms with Gasteiger partial charge in [0.1, 0.15) is 11.5 Å². The van der Waals surface area contributed by atoms with E-state index in [0.29, 0.717) is 5.92 Å². The van der Waals surface area contributed by atoms with Crippen molar-refractivity contribution in [2.45, 2.75) is 33.1 Å². The van der Waals surface area contributed by atoms with Gasteiger partial charge in [0.25, 0.3) is 0 Å². The summed E-state index contributed by atoms with van der Waals surface area (Å²) in [5, 5.41) is 13.0. The van der Waals surface area contributed by atoms with E-state index in [-0.39, 0.29) is 5.82 Å². The molecule has 6 aromatic rings. The Morgan fingerprint density at radius 2 is 1.77 bits per heavy atom. The maximum absolute atomic E-state index is 14.7. The smallest absolute Gasteiger partial charge is 0.124 e. The number of anilines is 1. The quantitative estimate of drug-likeness (QED) is 0.143. The Morgan fingerprint density at radius 3 is 2.59 bits per heavy atom. The van der Waals surface area contributed by atoms with Gasteiger partial charge in [-0.15, -0.1) is 0 Å². The van der Waals surface area contributed by atoms with Crippen molar-refractivity contribution < 1.29 is 4.39 Å². The molecule has 224 valence electrons. The van der Waals surface area contributed by atoms with Gasteiger partial charge < -0.3 is 15.2 Å². The lowest BCUT2D eigenvalue weighted by Gasteiger charge is -2.12. The first-order chi connectivity index (χ1) is 21.2. The van der Waals surface area contributed by atoms with Crippen LogP contribution in [0, 0.1) is 11.7 Å². The van der Waals surface area contributed by atoms with E-state index >= 15 is 0 Å². The summed E-state index contributed by atoms with van der Waals surface area (Å²) in [4.78, 5) is 19.2. The lowest BCUT2D eigenvalue weighted by atomic mass is 9.99.